The van der Waals surface area contributed by atoms with E-state index in [-0.39, 0.29) is 18.3 Å². The minimum absolute atomic E-state index is 0.0641. The van der Waals surface area contributed by atoms with Crippen LogP contribution in [-0.4, -0.2) is 54.3 Å². The van der Waals surface area contributed by atoms with Crippen LogP contribution in [0.5, 0.6) is 5.75 Å². The number of Topliss-reactive ketones (excluding diaryl/α,β-unsaturated/α-hetero) is 1. The number of rotatable bonds is 6. The molecule has 0 aliphatic carbocycles. The normalized spacial score (nSPS) is 14.7. The fraction of sp³-hybridized carbons (Fsp3) is 0.333. The average molecular weight is 402 g/mol. The number of carbonyl (C=O) groups is 2. The number of nitrogens with two attached hydrogens (primary N) is 1. The Morgan fingerprint density at radius 2 is 1.75 bits per heavy atom. The van der Waals surface area contributed by atoms with Gasteiger partial charge in [-0.15, -0.1) is 0 Å². The van der Waals surface area contributed by atoms with Crippen molar-refractivity contribution in [1.82, 2.24) is 9.80 Å². The first-order chi connectivity index (χ1) is 13.4. The molecular formula is C21H24ClN3O3. The van der Waals surface area contributed by atoms with Crippen LogP contribution in [0.25, 0.3) is 0 Å². The Balaban J connectivity index is 1.46. The van der Waals surface area contributed by atoms with Gasteiger partial charge in [0, 0.05) is 43.3 Å². The fourth-order valence-electron chi connectivity index (χ4n) is 3.13. The van der Waals surface area contributed by atoms with E-state index in [0.717, 1.165) is 24.7 Å². The van der Waals surface area contributed by atoms with E-state index in [1.165, 1.54) is 12.5 Å². The molecule has 28 heavy (non-hydrogen) atoms. The van der Waals surface area contributed by atoms with E-state index in [0.29, 0.717) is 30.1 Å². The Morgan fingerprint density at radius 1 is 1.07 bits per heavy atom. The van der Waals surface area contributed by atoms with Crippen LogP contribution in [0.3, 0.4) is 0 Å². The molecule has 0 saturated carbocycles. The molecule has 2 aromatic rings. The van der Waals surface area contributed by atoms with Gasteiger partial charge in [0.15, 0.2) is 12.4 Å². The summed E-state index contributed by atoms with van der Waals surface area (Å²) in [6.45, 7) is 5.19. The molecule has 0 bridgehead atoms. The number of hydrogen-bond donors (Lipinski definition) is 1. The Bertz CT molecular complexity index is 846. The molecule has 2 aromatic carbocycles. The zero-order chi connectivity index (χ0) is 20.1. The van der Waals surface area contributed by atoms with Crippen LogP contribution >= 0.6 is 11.6 Å². The van der Waals surface area contributed by atoms with Crippen molar-refractivity contribution in [3.8, 4) is 5.75 Å². The van der Waals surface area contributed by atoms with E-state index in [9.17, 15) is 9.59 Å². The number of nitrogen functional groups attached to an aromatic ring is 1. The molecule has 1 amide bonds. The third-order valence-electron chi connectivity index (χ3n) is 4.81. The second-order valence-electron chi connectivity index (χ2n) is 6.88. The molecule has 1 aliphatic rings. The van der Waals surface area contributed by atoms with Gasteiger partial charge >= 0.3 is 0 Å². The van der Waals surface area contributed by atoms with Crippen molar-refractivity contribution >= 4 is 29.0 Å². The van der Waals surface area contributed by atoms with Gasteiger partial charge in [0.05, 0.1) is 5.69 Å². The molecule has 0 aromatic heterocycles. The molecule has 0 radical (unpaired) electrons. The number of piperazine rings is 1. The zero-order valence-corrected chi connectivity index (χ0v) is 16.6. The topological polar surface area (TPSA) is 75.9 Å². The first-order valence-corrected chi connectivity index (χ1v) is 9.58. The van der Waals surface area contributed by atoms with E-state index in [1.54, 1.807) is 23.1 Å². The second kappa shape index (κ2) is 9.08. The number of carbonyl (C=O) groups excluding carboxylic acids is 2. The largest absolute Gasteiger partial charge is 0.482 e. The third kappa shape index (κ3) is 5.24. The van der Waals surface area contributed by atoms with Crippen molar-refractivity contribution in [3.63, 3.8) is 0 Å². The molecule has 0 spiro atoms. The molecule has 7 heteroatoms. The van der Waals surface area contributed by atoms with Crippen molar-refractivity contribution in [2.45, 2.75) is 13.5 Å². The highest BCUT2D eigenvalue weighted by Crippen LogP contribution is 2.23. The molecule has 1 aliphatic heterocycles. The molecule has 6 nitrogen and oxygen atoms in total. The predicted molar refractivity (Wildman–Crippen MR) is 110 cm³/mol. The highest BCUT2D eigenvalue weighted by molar-refractivity contribution is 6.30. The number of hydrogen-bond acceptors (Lipinski definition) is 5. The standard InChI is InChI=1S/C21H24ClN3O3/c1-15(26)17-4-7-20(19(23)12-17)28-14-21(27)25-10-8-24(9-11-25)13-16-2-5-18(22)6-3-16/h2-7,12H,8-11,13-14,23H2,1H3. The number of anilines is 1. The van der Waals surface area contributed by atoms with Crippen molar-refractivity contribution in [2.75, 3.05) is 38.5 Å². The van der Waals surface area contributed by atoms with Gasteiger partial charge in [-0.2, -0.15) is 0 Å². The number of nitrogens with zero attached hydrogens (tertiary/aromatic N) is 2. The lowest BCUT2D eigenvalue weighted by Crippen LogP contribution is -2.49. The number of benzene rings is 2. The highest BCUT2D eigenvalue weighted by Gasteiger charge is 2.21. The van der Waals surface area contributed by atoms with Crippen LogP contribution in [0.2, 0.25) is 5.02 Å². The molecule has 1 heterocycles. The maximum Gasteiger partial charge on any atom is 0.260 e. The van der Waals surface area contributed by atoms with Gasteiger partial charge in [-0.3, -0.25) is 14.5 Å². The van der Waals surface area contributed by atoms with E-state index in [1.807, 2.05) is 24.3 Å². The molecule has 1 fully saturated rings. The molecule has 2 N–H and O–H groups in total. The summed E-state index contributed by atoms with van der Waals surface area (Å²) in [5.41, 5.74) is 7.99. The SMILES string of the molecule is CC(=O)c1ccc(OCC(=O)N2CCN(Cc3ccc(Cl)cc3)CC2)c(N)c1. The van der Waals surface area contributed by atoms with E-state index >= 15 is 0 Å². The molecule has 148 valence electrons. The van der Waals surface area contributed by atoms with Crippen LogP contribution in [0.4, 0.5) is 5.69 Å². The van der Waals surface area contributed by atoms with Crippen molar-refractivity contribution in [3.05, 3.63) is 58.6 Å². The summed E-state index contributed by atoms with van der Waals surface area (Å²) in [7, 11) is 0. The van der Waals surface area contributed by atoms with E-state index in [4.69, 9.17) is 22.1 Å². The highest BCUT2D eigenvalue weighted by atomic mass is 35.5. The molecule has 1 saturated heterocycles. The van der Waals surface area contributed by atoms with Gasteiger partial charge in [0.1, 0.15) is 5.75 Å². The first-order valence-electron chi connectivity index (χ1n) is 9.20. The molecule has 3 rings (SSSR count). The second-order valence-corrected chi connectivity index (χ2v) is 7.32. The maximum atomic E-state index is 12.4. The monoisotopic (exact) mass is 401 g/mol. The maximum absolute atomic E-state index is 12.4. The minimum Gasteiger partial charge on any atom is -0.482 e. The van der Waals surface area contributed by atoms with E-state index < -0.39 is 0 Å². The van der Waals surface area contributed by atoms with Gasteiger partial charge in [-0.25, -0.2) is 0 Å². The Labute approximate surface area is 169 Å². The van der Waals surface area contributed by atoms with Crippen molar-refractivity contribution < 1.29 is 14.3 Å². The van der Waals surface area contributed by atoms with Gasteiger partial charge in [-0.1, -0.05) is 23.7 Å². The predicted octanol–water partition coefficient (Wildman–Crippen LogP) is 2.85. The Morgan fingerprint density at radius 3 is 2.36 bits per heavy atom. The summed E-state index contributed by atoms with van der Waals surface area (Å²) in [6, 6.07) is 12.7. The quantitative estimate of drug-likeness (QED) is 0.595. The van der Waals surface area contributed by atoms with Gasteiger partial charge in [-0.05, 0) is 42.8 Å². The lowest BCUT2D eigenvalue weighted by molar-refractivity contribution is -0.135. The van der Waals surface area contributed by atoms with Crippen LogP contribution in [0.15, 0.2) is 42.5 Å². The summed E-state index contributed by atoms with van der Waals surface area (Å²) in [4.78, 5) is 27.9. The number of ether oxygens (including phenoxy) is 1. The van der Waals surface area contributed by atoms with Crippen molar-refractivity contribution in [2.24, 2.45) is 0 Å². The summed E-state index contributed by atoms with van der Waals surface area (Å²) in [6.07, 6.45) is 0. The third-order valence-corrected chi connectivity index (χ3v) is 5.06. The van der Waals surface area contributed by atoms with Crippen molar-refractivity contribution in [1.29, 1.82) is 0 Å². The van der Waals surface area contributed by atoms with Crippen LogP contribution in [-0.2, 0) is 11.3 Å². The lowest BCUT2D eigenvalue weighted by Gasteiger charge is -2.34. The Hall–Kier alpha value is -2.57. The fourth-order valence-corrected chi connectivity index (χ4v) is 3.26. The molecule has 0 unspecified atom stereocenters. The smallest absolute Gasteiger partial charge is 0.260 e. The van der Waals surface area contributed by atoms with Crippen LogP contribution < -0.4 is 10.5 Å². The van der Waals surface area contributed by atoms with Gasteiger partial charge in [0.25, 0.3) is 5.91 Å². The summed E-state index contributed by atoms with van der Waals surface area (Å²) in [5, 5.41) is 0.732. The first kappa shape index (κ1) is 20.2. The average Bonchev–Trinajstić information content (AvgIpc) is 2.69. The Kier molecular flexibility index (Phi) is 6.54. The number of halogens is 1. The van der Waals surface area contributed by atoms with E-state index in [2.05, 4.69) is 4.90 Å². The lowest BCUT2D eigenvalue weighted by atomic mass is 10.1. The molecule has 0 atom stereocenters. The summed E-state index contributed by atoms with van der Waals surface area (Å²) < 4.78 is 5.57. The summed E-state index contributed by atoms with van der Waals surface area (Å²) >= 11 is 5.92. The number of amides is 1. The van der Waals surface area contributed by atoms with Gasteiger partial charge in [0.2, 0.25) is 0 Å². The van der Waals surface area contributed by atoms with Crippen LogP contribution in [0.1, 0.15) is 22.8 Å². The van der Waals surface area contributed by atoms with Crippen LogP contribution in [0, 0.1) is 0 Å². The van der Waals surface area contributed by atoms with Gasteiger partial charge < -0.3 is 15.4 Å². The summed E-state index contributed by atoms with van der Waals surface area (Å²) in [5.74, 6) is 0.284. The number of ketones is 1. The zero-order valence-electron chi connectivity index (χ0n) is 15.9. The minimum atomic E-state index is -0.0686. The molecular weight excluding hydrogens is 378 g/mol.